The van der Waals surface area contributed by atoms with Gasteiger partial charge in [-0.1, -0.05) is 44.6 Å². The average Bonchev–Trinajstić information content (AvgIpc) is 2.85. The molecule has 0 radical (unpaired) electrons. The van der Waals surface area contributed by atoms with Gasteiger partial charge < -0.3 is 9.47 Å². The van der Waals surface area contributed by atoms with Crippen molar-refractivity contribution < 1.29 is 13.9 Å². The summed E-state index contributed by atoms with van der Waals surface area (Å²) in [4.78, 5) is 9.21. The quantitative estimate of drug-likeness (QED) is 0.181. The molecule has 0 aliphatic heterocycles. The molecule has 34 heavy (non-hydrogen) atoms. The number of allylic oxidation sites excluding steroid dienone is 1. The van der Waals surface area contributed by atoms with Crippen LogP contribution in [-0.2, 0) is 4.74 Å². The van der Waals surface area contributed by atoms with E-state index in [1.165, 1.54) is 18.9 Å². The van der Waals surface area contributed by atoms with E-state index in [1.54, 1.807) is 24.4 Å². The lowest BCUT2D eigenvalue weighted by molar-refractivity contribution is 0.0566. The largest absolute Gasteiger partial charge is 0.489 e. The minimum Gasteiger partial charge on any atom is -0.489 e. The van der Waals surface area contributed by atoms with Crippen LogP contribution in [0.15, 0.2) is 61.3 Å². The Morgan fingerprint density at radius 2 is 1.97 bits per heavy atom. The Balaban J connectivity index is 1.55. The van der Waals surface area contributed by atoms with Crippen LogP contribution in [0.2, 0.25) is 0 Å². The van der Waals surface area contributed by atoms with E-state index in [1.807, 2.05) is 24.3 Å². The average molecular weight is 463 g/mol. The molecule has 1 unspecified atom stereocenters. The SMILES string of the molecule is C=CCOc1ccc(-c2ccc3nc(C=CCCCC(C)OCCCCC)cnc3c2)c(F)c1. The molecule has 0 aliphatic rings. The molecule has 1 heterocycles. The summed E-state index contributed by atoms with van der Waals surface area (Å²) >= 11 is 0. The topological polar surface area (TPSA) is 44.2 Å². The minimum absolute atomic E-state index is 0.306. The van der Waals surface area contributed by atoms with Crippen LogP contribution >= 0.6 is 0 Å². The second kappa shape index (κ2) is 13.6. The Hall–Kier alpha value is -3.05. The normalized spacial score (nSPS) is 12.3. The van der Waals surface area contributed by atoms with E-state index >= 15 is 0 Å². The second-order valence-corrected chi connectivity index (χ2v) is 8.46. The zero-order chi connectivity index (χ0) is 24.2. The summed E-state index contributed by atoms with van der Waals surface area (Å²) in [6.45, 7) is 9.16. The van der Waals surface area contributed by atoms with E-state index in [2.05, 4.69) is 36.5 Å². The standard InChI is InChI=1S/C29H35FN2O2/c1-4-6-10-18-33-22(3)11-8-7-9-12-24-21-31-29-19-23(13-16-28(29)32-24)26-15-14-25(20-27(26)30)34-17-5-2/h5,9,12-16,19-22H,2,4,6-8,10-11,17-18H2,1,3H3. The fourth-order valence-electron chi connectivity index (χ4n) is 3.69. The number of hydrogen-bond acceptors (Lipinski definition) is 4. The smallest absolute Gasteiger partial charge is 0.134 e. The van der Waals surface area contributed by atoms with Crippen LogP contribution in [0.3, 0.4) is 0 Å². The first-order chi connectivity index (χ1) is 16.6. The summed E-state index contributed by atoms with van der Waals surface area (Å²) in [5.74, 6) is 0.140. The maximum Gasteiger partial charge on any atom is 0.134 e. The van der Waals surface area contributed by atoms with Gasteiger partial charge in [-0.25, -0.2) is 9.37 Å². The molecule has 1 aromatic heterocycles. The highest BCUT2D eigenvalue weighted by atomic mass is 19.1. The van der Waals surface area contributed by atoms with Gasteiger partial charge in [-0.2, -0.15) is 0 Å². The van der Waals surface area contributed by atoms with Gasteiger partial charge >= 0.3 is 0 Å². The molecule has 0 aliphatic carbocycles. The molecule has 4 nitrogen and oxygen atoms in total. The van der Waals surface area contributed by atoms with Gasteiger partial charge in [-0.15, -0.1) is 0 Å². The van der Waals surface area contributed by atoms with Crippen LogP contribution in [-0.4, -0.2) is 29.3 Å². The van der Waals surface area contributed by atoms with E-state index in [0.717, 1.165) is 54.6 Å². The Bertz CT molecular complexity index is 1100. The second-order valence-electron chi connectivity index (χ2n) is 8.46. The molecule has 2 aromatic carbocycles. The van der Waals surface area contributed by atoms with Gasteiger partial charge in [0.25, 0.3) is 0 Å². The Morgan fingerprint density at radius 3 is 2.76 bits per heavy atom. The zero-order valence-electron chi connectivity index (χ0n) is 20.3. The molecule has 3 aromatic rings. The van der Waals surface area contributed by atoms with Gasteiger partial charge in [-0.3, -0.25) is 4.98 Å². The molecule has 0 spiro atoms. The molecular weight excluding hydrogens is 427 g/mol. The lowest BCUT2D eigenvalue weighted by Crippen LogP contribution is -2.08. The number of ether oxygens (including phenoxy) is 2. The van der Waals surface area contributed by atoms with Crippen molar-refractivity contribution >= 4 is 17.1 Å². The third-order valence-electron chi connectivity index (χ3n) is 5.60. The monoisotopic (exact) mass is 462 g/mol. The summed E-state index contributed by atoms with van der Waals surface area (Å²) < 4.78 is 25.9. The van der Waals surface area contributed by atoms with Crippen molar-refractivity contribution in [2.75, 3.05) is 13.2 Å². The third-order valence-corrected chi connectivity index (χ3v) is 5.60. The molecule has 5 heteroatoms. The maximum atomic E-state index is 14.6. The summed E-state index contributed by atoms with van der Waals surface area (Å²) in [5, 5.41) is 0. The number of halogens is 1. The fourth-order valence-corrected chi connectivity index (χ4v) is 3.69. The highest BCUT2D eigenvalue weighted by Crippen LogP contribution is 2.28. The van der Waals surface area contributed by atoms with Crippen molar-refractivity contribution in [1.82, 2.24) is 9.97 Å². The van der Waals surface area contributed by atoms with Crippen molar-refractivity contribution in [3.8, 4) is 16.9 Å². The molecule has 0 saturated carbocycles. The van der Waals surface area contributed by atoms with Gasteiger partial charge in [0.05, 0.1) is 29.0 Å². The van der Waals surface area contributed by atoms with Crippen LogP contribution in [0.5, 0.6) is 5.75 Å². The summed E-state index contributed by atoms with van der Waals surface area (Å²) in [6, 6.07) is 10.5. The van der Waals surface area contributed by atoms with Crippen molar-refractivity contribution in [1.29, 1.82) is 0 Å². The van der Waals surface area contributed by atoms with Gasteiger partial charge in [0.15, 0.2) is 0 Å². The minimum atomic E-state index is -0.339. The fraction of sp³-hybridized carbons (Fsp3) is 0.379. The van der Waals surface area contributed by atoms with E-state index in [4.69, 9.17) is 9.47 Å². The summed E-state index contributed by atoms with van der Waals surface area (Å²) in [5.41, 5.74) is 3.59. The summed E-state index contributed by atoms with van der Waals surface area (Å²) in [6.07, 6.45) is 14.6. The zero-order valence-corrected chi connectivity index (χ0v) is 20.3. The van der Waals surface area contributed by atoms with Crippen LogP contribution in [0.1, 0.15) is 58.1 Å². The number of fused-ring (bicyclic) bond motifs is 1. The van der Waals surface area contributed by atoms with Gasteiger partial charge in [0.2, 0.25) is 0 Å². The number of benzene rings is 2. The van der Waals surface area contributed by atoms with Gasteiger partial charge in [0, 0.05) is 18.2 Å². The molecule has 180 valence electrons. The van der Waals surface area contributed by atoms with Crippen molar-refractivity contribution in [2.24, 2.45) is 0 Å². The Morgan fingerprint density at radius 1 is 1.09 bits per heavy atom. The first kappa shape index (κ1) is 25.6. The number of aromatic nitrogens is 2. The third kappa shape index (κ3) is 7.77. The number of hydrogen-bond donors (Lipinski definition) is 0. The van der Waals surface area contributed by atoms with Crippen molar-refractivity contribution in [3.05, 3.63) is 72.8 Å². The van der Waals surface area contributed by atoms with Crippen molar-refractivity contribution in [2.45, 2.75) is 58.5 Å². The molecule has 0 amide bonds. The summed E-state index contributed by atoms with van der Waals surface area (Å²) in [7, 11) is 0. The van der Waals surface area contributed by atoms with Crippen LogP contribution < -0.4 is 4.74 Å². The first-order valence-electron chi connectivity index (χ1n) is 12.2. The molecule has 0 N–H and O–H groups in total. The van der Waals surface area contributed by atoms with E-state index < -0.39 is 0 Å². The van der Waals surface area contributed by atoms with E-state index in [9.17, 15) is 4.39 Å². The number of nitrogens with zero attached hydrogens (tertiary/aromatic N) is 2. The van der Waals surface area contributed by atoms with Crippen LogP contribution in [0.25, 0.3) is 28.2 Å². The van der Waals surface area contributed by atoms with E-state index in [0.29, 0.717) is 24.0 Å². The predicted octanol–water partition coefficient (Wildman–Crippen LogP) is 7.78. The molecule has 0 saturated heterocycles. The van der Waals surface area contributed by atoms with Gasteiger partial charge in [0.1, 0.15) is 18.2 Å². The molecule has 1 atom stereocenters. The highest BCUT2D eigenvalue weighted by Gasteiger charge is 2.09. The van der Waals surface area contributed by atoms with Crippen LogP contribution in [0, 0.1) is 5.82 Å². The molecule has 0 bridgehead atoms. The number of unbranched alkanes of at least 4 members (excludes halogenated alkanes) is 3. The number of rotatable bonds is 14. The lowest BCUT2D eigenvalue weighted by atomic mass is 10.0. The highest BCUT2D eigenvalue weighted by molar-refractivity contribution is 5.82. The predicted molar refractivity (Wildman–Crippen MR) is 138 cm³/mol. The van der Waals surface area contributed by atoms with E-state index in [-0.39, 0.29) is 5.82 Å². The van der Waals surface area contributed by atoms with Crippen LogP contribution in [0.4, 0.5) is 4.39 Å². The molecule has 0 fully saturated rings. The Labute approximate surface area is 202 Å². The van der Waals surface area contributed by atoms with Crippen molar-refractivity contribution in [3.63, 3.8) is 0 Å². The lowest BCUT2D eigenvalue weighted by Gasteiger charge is -2.11. The first-order valence-corrected chi connectivity index (χ1v) is 12.2. The maximum absolute atomic E-state index is 14.6. The molecule has 3 rings (SSSR count). The Kier molecular flexibility index (Phi) is 10.2. The molecular formula is C29H35FN2O2. The van der Waals surface area contributed by atoms with Gasteiger partial charge in [-0.05, 0) is 68.5 Å².